The van der Waals surface area contributed by atoms with Crippen molar-refractivity contribution in [3.63, 3.8) is 0 Å². The summed E-state index contributed by atoms with van der Waals surface area (Å²) in [6.07, 6.45) is 4.28. The normalized spacial score (nSPS) is 29.6. The summed E-state index contributed by atoms with van der Waals surface area (Å²) in [6.45, 7) is 3.42. The third-order valence-corrected chi connectivity index (χ3v) is 4.08. The van der Waals surface area contributed by atoms with Crippen LogP contribution in [0.1, 0.15) is 25.0 Å². The molecule has 0 radical (unpaired) electrons. The van der Waals surface area contributed by atoms with Crippen LogP contribution in [0.3, 0.4) is 0 Å². The van der Waals surface area contributed by atoms with Gasteiger partial charge in [0, 0.05) is 19.6 Å². The van der Waals surface area contributed by atoms with Gasteiger partial charge in [-0.1, -0.05) is 18.0 Å². The van der Waals surface area contributed by atoms with Crippen LogP contribution in [0, 0.1) is 11.8 Å². The summed E-state index contributed by atoms with van der Waals surface area (Å²) < 4.78 is 0. The maximum Gasteiger partial charge on any atom is 0.151 e. The third-order valence-electron chi connectivity index (χ3n) is 3.87. The largest absolute Gasteiger partial charge is 0.297 e. The maximum atomic E-state index is 5.72. The first kappa shape index (κ1) is 10.5. The number of hydrogen-bond donors (Lipinski definition) is 0. The Morgan fingerprint density at radius 3 is 2.56 bits per heavy atom. The van der Waals surface area contributed by atoms with E-state index in [2.05, 4.69) is 15.1 Å². The zero-order valence-corrected chi connectivity index (χ0v) is 10.0. The Hall–Kier alpha value is -0.670. The summed E-state index contributed by atoms with van der Waals surface area (Å²) in [6, 6.07) is 3.80. The van der Waals surface area contributed by atoms with Gasteiger partial charge in [0.25, 0.3) is 0 Å². The molecular weight excluding hydrogens is 222 g/mol. The van der Waals surface area contributed by atoms with Crippen molar-refractivity contribution in [1.82, 2.24) is 15.1 Å². The summed E-state index contributed by atoms with van der Waals surface area (Å²) in [5.74, 6) is 1.89. The summed E-state index contributed by atoms with van der Waals surface area (Å²) in [7, 11) is 0. The average Bonchev–Trinajstić information content (AvgIpc) is 2.81. The highest BCUT2D eigenvalue weighted by Gasteiger charge is 2.35. The average molecular weight is 238 g/mol. The quantitative estimate of drug-likeness (QED) is 0.791. The fraction of sp³-hybridized carbons (Fsp3) is 0.667. The SMILES string of the molecule is Clc1ccc(CN2CC3CCCC3C2)nn1. The number of likely N-dealkylation sites (tertiary alicyclic amines) is 1. The fourth-order valence-electron chi connectivity index (χ4n) is 3.12. The van der Waals surface area contributed by atoms with Crippen molar-refractivity contribution < 1.29 is 0 Å². The van der Waals surface area contributed by atoms with Crippen molar-refractivity contribution in [1.29, 1.82) is 0 Å². The van der Waals surface area contributed by atoms with Gasteiger partial charge in [-0.15, -0.1) is 5.10 Å². The third kappa shape index (κ3) is 2.06. The molecule has 2 heterocycles. The van der Waals surface area contributed by atoms with E-state index in [9.17, 15) is 0 Å². The molecule has 16 heavy (non-hydrogen) atoms. The zero-order chi connectivity index (χ0) is 11.0. The predicted molar refractivity (Wildman–Crippen MR) is 63.2 cm³/mol. The van der Waals surface area contributed by atoms with Gasteiger partial charge in [0.2, 0.25) is 0 Å². The second-order valence-electron chi connectivity index (χ2n) is 4.99. The Bertz CT molecular complexity index is 353. The Labute approximate surface area is 101 Å². The lowest BCUT2D eigenvalue weighted by atomic mass is 10.0. The lowest BCUT2D eigenvalue weighted by molar-refractivity contribution is 0.299. The summed E-state index contributed by atoms with van der Waals surface area (Å²) in [5, 5.41) is 8.47. The van der Waals surface area contributed by atoms with Gasteiger partial charge in [0.15, 0.2) is 5.15 Å². The molecule has 3 nitrogen and oxygen atoms in total. The van der Waals surface area contributed by atoms with E-state index in [-0.39, 0.29) is 0 Å². The van der Waals surface area contributed by atoms with Crippen molar-refractivity contribution in [3.8, 4) is 0 Å². The van der Waals surface area contributed by atoms with Gasteiger partial charge in [-0.25, -0.2) is 0 Å². The van der Waals surface area contributed by atoms with E-state index in [1.165, 1.54) is 32.4 Å². The van der Waals surface area contributed by atoms with Crippen molar-refractivity contribution in [2.24, 2.45) is 11.8 Å². The molecular formula is C12H16ClN3. The van der Waals surface area contributed by atoms with Gasteiger partial charge in [-0.2, -0.15) is 5.10 Å². The number of aromatic nitrogens is 2. The van der Waals surface area contributed by atoms with Gasteiger partial charge < -0.3 is 0 Å². The Balaban J connectivity index is 1.62. The highest BCUT2D eigenvalue weighted by Crippen LogP contribution is 2.37. The molecule has 3 rings (SSSR count). The maximum absolute atomic E-state index is 5.72. The first-order chi connectivity index (χ1) is 7.81. The number of fused-ring (bicyclic) bond motifs is 1. The molecule has 2 aliphatic rings. The molecule has 2 atom stereocenters. The standard InChI is InChI=1S/C12H16ClN3/c13-12-5-4-11(14-15-12)8-16-6-9-2-1-3-10(9)7-16/h4-5,9-10H,1-3,6-8H2. The van der Waals surface area contributed by atoms with E-state index in [1.54, 1.807) is 0 Å². The van der Waals surface area contributed by atoms with E-state index < -0.39 is 0 Å². The molecule has 2 fully saturated rings. The molecule has 1 aromatic rings. The van der Waals surface area contributed by atoms with Crippen LogP contribution in [0.2, 0.25) is 5.15 Å². The first-order valence-corrected chi connectivity index (χ1v) is 6.39. The van der Waals surface area contributed by atoms with Crippen molar-refractivity contribution in [2.75, 3.05) is 13.1 Å². The van der Waals surface area contributed by atoms with Gasteiger partial charge >= 0.3 is 0 Å². The molecule has 1 saturated carbocycles. The summed E-state index contributed by atoms with van der Waals surface area (Å²) in [4.78, 5) is 2.51. The first-order valence-electron chi connectivity index (χ1n) is 6.02. The smallest absolute Gasteiger partial charge is 0.151 e. The molecule has 0 bridgehead atoms. The van der Waals surface area contributed by atoms with Gasteiger partial charge in [-0.05, 0) is 36.8 Å². The van der Waals surface area contributed by atoms with Gasteiger partial charge in [0.05, 0.1) is 5.69 Å². The second-order valence-corrected chi connectivity index (χ2v) is 5.38. The number of halogens is 1. The van der Waals surface area contributed by atoms with Gasteiger partial charge in [-0.3, -0.25) is 4.90 Å². The van der Waals surface area contributed by atoms with Crippen LogP contribution in [-0.4, -0.2) is 28.2 Å². The highest BCUT2D eigenvalue weighted by molar-refractivity contribution is 6.29. The molecule has 4 heteroatoms. The van der Waals surface area contributed by atoms with E-state index in [0.717, 1.165) is 24.1 Å². The molecule has 1 saturated heterocycles. The van der Waals surface area contributed by atoms with Crippen LogP contribution >= 0.6 is 11.6 Å². The lowest BCUT2D eigenvalue weighted by Gasteiger charge is -2.15. The Morgan fingerprint density at radius 2 is 1.94 bits per heavy atom. The Morgan fingerprint density at radius 1 is 1.19 bits per heavy atom. The molecule has 1 aromatic heterocycles. The molecule has 0 amide bonds. The van der Waals surface area contributed by atoms with Crippen LogP contribution in [0.5, 0.6) is 0 Å². The number of nitrogens with zero attached hydrogens (tertiary/aromatic N) is 3. The van der Waals surface area contributed by atoms with Crippen LogP contribution in [0.15, 0.2) is 12.1 Å². The number of hydrogen-bond acceptors (Lipinski definition) is 3. The molecule has 1 aliphatic carbocycles. The molecule has 2 unspecified atom stereocenters. The minimum Gasteiger partial charge on any atom is -0.297 e. The van der Waals surface area contributed by atoms with E-state index >= 15 is 0 Å². The highest BCUT2D eigenvalue weighted by atomic mass is 35.5. The lowest BCUT2D eigenvalue weighted by Crippen LogP contribution is -2.21. The molecule has 0 spiro atoms. The topological polar surface area (TPSA) is 29.0 Å². The van der Waals surface area contributed by atoms with Crippen molar-refractivity contribution >= 4 is 11.6 Å². The fourth-order valence-corrected chi connectivity index (χ4v) is 3.22. The van der Waals surface area contributed by atoms with Crippen LogP contribution in [0.25, 0.3) is 0 Å². The van der Waals surface area contributed by atoms with Crippen LogP contribution < -0.4 is 0 Å². The summed E-state index contributed by atoms with van der Waals surface area (Å²) >= 11 is 5.72. The predicted octanol–water partition coefficient (Wildman–Crippen LogP) is 2.36. The van der Waals surface area contributed by atoms with E-state index in [1.807, 2.05) is 12.1 Å². The minimum absolute atomic E-state index is 0.474. The van der Waals surface area contributed by atoms with Crippen LogP contribution in [-0.2, 0) is 6.54 Å². The second kappa shape index (κ2) is 4.30. The number of rotatable bonds is 2. The van der Waals surface area contributed by atoms with Crippen LogP contribution in [0.4, 0.5) is 0 Å². The Kier molecular flexibility index (Phi) is 2.82. The van der Waals surface area contributed by atoms with Crippen molar-refractivity contribution in [3.05, 3.63) is 23.0 Å². The van der Waals surface area contributed by atoms with E-state index in [0.29, 0.717) is 5.15 Å². The molecule has 86 valence electrons. The minimum atomic E-state index is 0.474. The monoisotopic (exact) mass is 237 g/mol. The molecule has 0 aromatic carbocycles. The summed E-state index contributed by atoms with van der Waals surface area (Å²) in [5.41, 5.74) is 1.03. The van der Waals surface area contributed by atoms with Gasteiger partial charge in [0.1, 0.15) is 0 Å². The van der Waals surface area contributed by atoms with E-state index in [4.69, 9.17) is 11.6 Å². The molecule has 1 aliphatic heterocycles. The zero-order valence-electron chi connectivity index (χ0n) is 9.27. The van der Waals surface area contributed by atoms with Crippen molar-refractivity contribution in [2.45, 2.75) is 25.8 Å². The molecule has 0 N–H and O–H groups in total.